The van der Waals surface area contributed by atoms with Crippen LogP contribution in [0.2, 0.25) is 0 Å². The lowest BCUT2D eigenvalue weighted by molar-refractivity contribution is -0.121. The minimum absolute atomic E-state index is 0. The Morgan fingerprint density at radius 1 is 1.17 bits per heavy atom. The second-order valence-corrected chi connectivity index (χ2v) is 6.64. The highest BCUT2D eigenvalue weighted by Crippen LogP contribution is 2.21. The van der Waals surface area contributed by atoms with E-state index in [2.05, 4.69) is 15.5 Å². The molecule has 0 aliphatic carbocycles. The predicted molar refractivity (Wildman–Crippen MR) is 97.1 cm³/mol. The van der Waals surface area contributed by atoms with Crippen molar-refractivity contribution in [2.75, 3.05) is 38.0 Å². The topological polar surface area (TPSA) is 44.4 Å². The fourth-order valence-electron chi connectivity index (χ4n) is 3.59. The van der Waals surface area contributed by atoms with E-state index in [1.54, 1.807) is 0 Å². The maximum Gasteiger partial charge on any atom is 0.227 e. The van der Waals surface area contributed by atoms with Crippen molar-refractivity contribution in [2.45, 2.75) is 25.7 Å². The van der Waals surface area contributed by atoms with Crippen LogP contribution >= 0.6 is 12.4 Å². The van der Waals surface area contributed by atoms with Crippen molar-refractivity contribution < 1.29 is 4.79 Å². The van der Waals surface area contributed by atoms with E-state index < -0.39 is 0 Å². The van der Waals surface area contributed by atoms with E-state index in [4.69, 9.17) is 0 Å². The number of piperidine rings is 2. The number of likely N-dealkylation sites (tertiary alicyclic amines) is 1. The molecule has 2 heterocycles. The highest BCUT2D eigenvalue weighted by Gasteiger charge is 2.26. The van der Waals surface area contributed by atoms with Crippen LogP contribution in [-0.4, -0.2) is 43.5 Å². The van der Waals surface area contributed by atoms with Gasteiger partial charge in [-0.25, -0.2) is 0 Å². The van der Waals surface area contributed by atoms with Crippen molar-refractivity contribution in [3.63, 3.8) is 0 Å². The highest BCUT2D eigenvalue weighted by molar-refractivity contribution is 5.92. The van der Waals surface area contributed by atoms with Gasteiger partial charge in [0.25, 0.3) is 0 Å². The summed E-state index contributed by atoms with van der Waals surface area (Å²) in [6.07, 6.45) is 4.62. The molecule has 0 saturated carbocycles. The minimum Gasteiger partial charge on any atom is -0.326 e. The summed E-state index contributed by atoms with van der Waals surface area (Å²) in [6, 6.07) is 9.77. The molecule has 2 fully saturated rings. The fourth-order valence-corrected chi connectivity index (χ4v) is 3.59. The minimum atomic E-state index is 0. The van der Waals surface area contributed by atoms with Crippen molar-refractivity contribution in [3.05, 3.63) is 30.3 Å². The third kappa shape index (κ3) is 5.48. The van der Waals surface area contributed by atoms with E-state index in [9.17, 15) is 4.79 Å². The average molecular weight is 338 g/mol. The zero-order chi connectivity index (χ0) is 15.2. The summed E-state index contributed by atoms with van der Waals surface area (Å²) in [5.41, 5.74) is 0.906. The number of nitrogens with one attached hydrogen (secondary N) is 2. The van der Waals surface area contributed by atoms with E-state index in [1.807, 2.05) is 30.3 Å². The van der Waals surface area contributed by atoms with Gasteiger partial charge in [0.2, 0.25) is 5.91 Å². The summed E-state index contributed by atoms with van der Waals surface area (Å²) in [7, 11) is 0. The number of carbonyl (C=O) groups is 1. The summed E-state index contributed by atoms with van der Waals surface area (Å²) in [4.78, 5) is 14.9. The molecule has 2 N–H and O–H groups in total. The van der Waals surface area contributed by atoms with Crippen molar-refractivity contribution in [1.82, 2.24) is 10.2 Å². The van der Waals surface area contributed by atoms with Gasteiger partial charge in [0.05, 0.1) is 0 Å². The Balaban J connectivity index is 0.00000192. The van der Waals surface area contributed by atoms with Gasteiger partial charge in [-0.1, -0.05) is 18.2 Å². The molecule has 1 unspecified atom stereocenters. The van der Waals surface area contributed by atoms with Gasteiger partial charge < -0.3 is 15.5 Å². The van der Waals surface area contributed by atoms with Crippen LogP contribution in [-0.2, 0) is 4.79 Å². The summed E-state index contributed by atoms with van der Waals surface area (Å²) in [5.74, 6) is 1.15. The number of halogens is 1. The van der Waals surface area contributed by atoms with E-state index in [-0.39, 0.29) is 24.2 Å². The molecule has 0 aromatic heterocycles. The van der Waals surface area contributed by atoms with Crippen molar-refractivity contribution >= 4 is 24.0 Å². The molecule has 2 saturated heterocycles. The molecule has 2 aliphatic heterocycles. The first kappa shape index (κ1) is 18.2. The number of amides is 1. The molecule has 3 rings (SSSR count). The lowest BCUT2D eigenvalue weighted by Crippen LogP contribution is -2.43. The molecule has 0 bridgehead atoms. The number of benzene rings is 1. The van der Waals surface area contributed by atoms with Crippen LogP contribution in [0, 0.1) is 11.8 Å². The standard InChI is InChI=1S/C18H27N3O.ClH/c22-18(20-17-6-2-1-3-7-17)16-8-11-21(12-9-16)14-15-5-4-10-19-13-15;/h1-3,6-7,15-16,19H,4-5,8-14H2,(H,20,22);1H. The molecule has 1 amide bonds. The monoisotopic (exact) mass is 337 g/mol. The SMILES string of the molecule is Cl.O=C(Nc1ccccc1)C1CCN(CC2CCCNC2)CC1. The normalized spacial score (nSPS) is 23.0. The summed E-state index contributed by atoms with van der Waals surface area (Å²) in [6.45, 7) is 5.65. The Labute approximate surface area is 145 Å². The molecule has 23 heavy (non-hydrogen) atoms. The zero-order valence-electron chi connectivity index (χ0n) is 13.7. The average Bonchev–Trinajstić information content (AvgIpc) is 2.57. The molecule has 4 nitrogen and oxygen atoms in total. The lowest BCUT2D eigenvalue weighted by atomic mass is 9.93. The van der Waals surface area contributed by atoms with Crippen molar-refractivity contribution in [1.29, 1.82) is 0 Å². The van der Waals surface area contributed by atoms with Gasteiger partial charge in [0, 0.05) is 18.2 Å². The van der Waals surface area contributed by atoms with Gasteiger partial charge >= 0.3 is 0 Å². The number of rotatable bonds is 4. The fraction of sp³-hybridized carbons (Fsp3) is 0.611. The smallest absolute Gasteiger partial charge is 0.227 e. The first-order valence-electron chi connectivity index (χ1n) is 8.60. The number of hydrogen-bond acceptors (Lipinski definition) is 3. The van der Waals surface area contributed by atoms with Crippen LogP contribution < -0.4 is 10.6 Å². The molecule has 1 aromatic carbocycles. The predicted octanol–water partition coefficient (Wildman–Crippen LogP) is 2.76. The quantitative estimate of drug-likeness (QED) is 0.888. The van der Waals surface area contributed by atoms with Crippen LogP contribution in [0.5, 0.6) is 0 Å². The number of anilines is 1. The van der Waals surface area contributed by atoms with Crippen LogP contribution in [0.25, 0.3) is 0 Å². The van der Waals surface area contributed by atoms with E-state index in [1.165, 1.54) is 25.9 Å². The second kappa shape index (κ2) is 9.26. The summed E-state index contributed by atoms with van der Waals surface area (Å²) in [5, 5.41) is 6.53. The van der Waals surface area contributed by atoms with Gasteiger partial charge in [0.15, 0.2) is 0 Å². The number of nitrogens with zero attached hydrogens (tertiary/aromatic N) is 1. The molecular weight excluding hydrogens is 310 g/mol. The first-order chi connectivity index (χ1) is 10.8. The molecule has 0 radical (unpaired) electrons. The number of para-hydroxylation sites is 1. The van der Waals surface area contributed by atoms with Gasteiger partial charge in [-0.3, -0.25) is 4.79 Å². The van der Waals surface area contributed by atoms with Crippen molar-refractivity contribution in [3.8, 4) is 0 Å². The maximum atomic E-state index is 12.3. The Kier molecular flexibility index (Phi) is 7.34. The Morgan fingerprint density at radius 2 is 1.91 bits per heavy atom. The molecule has 2 aliphatic rings. The van der Waals surface area contributed by atoms with Gasteiger partial charge in [-0.15, -0.1) is 12.4 Å². The third-order valence-corrected chi connectivity index (χ3v) is 4.92. The zero-order valence-corrected chi connectivity index (χ0v) is 14.5. The van der Waals surface area contributed by atoms with Gasteiger partial charge in [-0.2, -0.15) is 0 Å². The van der Waals surface area contributed by atoms with E-state index >= 15 is 0 Å². The highest BCUT2D eigenvalue weighted by atomic mass is 35.5. The summed E-state index contributed by atoms with van der Waals surface area (Å²) >= 11 is 0. The largest absolute Gasteiger partial charge is 0.326 e. The van der Waals surface area contributed by atoms with Crippen LogP contribution in [0.4, 0.5) is 5.69 Å². The van der Waals surface area contributed by atoms with E-state index in [0.29, 0.717) is 0 Å². The number of carbonyl (C=O) groups excluding carboxylic acids is 1. The molecule has 5 heteroatoms. The van der Waals surface area contributed by atoms with Gasteiger partial charge in [-0.05, 0) is 69.9 Å². The van der Waals surface area contributed by atoms with Crippen LogP contribution in [0.15, 0.2) is 30.3 Å². The Hall–Kier alpha value is -1.10. The Morgan fingerprint density at radius 3 is 2.57 bits per heavy atom. The lowest BCUT2D eigenvalue weighted by Gasteiger charge is -2.35. The molecule has 1 aromatic rings. The van der Waals surface area contributed by atoms with Crippen LogP contribution in [0.1, 0.15) is 25.7 Å². The molecule has 0 spiro atoms. The molecule has 128 valence electrons. The first-order valence-corrected chi connectivity index (χ1v) is 8.60. The van der Waals surface area contributed by atoms with Crippen LogP contribution in [0.3, 0.4) is 0 Å². The van der Waals surface area contributed by atoms with Crippen molar-refractivity contribution in [2.24, 2.45) is 11.8 Å². The molecule has 1 atom stereocenters. The summed E-state index contributed by atoms with van der Waals surface area (Å²) < 4.78 is 0. The van der Waals surface area contributed by atoms with Gasteiger partial charge in [0.1, 0.15) is 0 Å². The third-order valence-electron chi connectivity index (χ3n) is 4.92. The Bertz CT molecular complexity index is 468. The maximum absolute atomic E-state index is 12.3. The molecular formula is C18H28ClN3O. The van der Waals surface area contributed by atoms with E-state index in [0.717, 1.165) is 44.1 Å². The number of hydrogen-bond donors (Lipinski definition) is 2. The second-order valence-electron chi connectivity index (χ2n) is 6.64.